The van der Waals surface area contributed by atoms with Gasteiger partial charge in [-0.1, -0.05) is 6.07 Å². The SMILES string of the molecule is CC(=O)C(N=Nc1cccc(O)c1)=C(C)O. The maximum absolute atomic E-state index is 11.1. The molecule has 0 saturated carbocycles. The van der Waals surface area contributed by atoms with Gasteiger partial charge in [-0.15, -0.1) is 5.11 Å². The quantitative estimate of drug-likeness (QED) is 0.466. The summed E-state index contributed by atoms with van der Waals surface area (Å²) < 4.78 is 0. The van der Waals surface area contributed by atoms with Crippen LogP contribution in [0.25, 0.3) is 0 Å². The van der Waals surface area contributed by atoms with Crippen molar-refractivity contribution in [3.8, 4) is 5.75 Å². The molecule has 0 fully saturated rings. The third-order valence-electron chi connectivity index (χ3n) is 1.77. The number of azo groups is 1. The molecule has 0 bridgehead atoms. The second-order valence-corrected chi connectivity index (χ2v) is 3.21. The molecule has 0 atom stereocenters. The summed E-state index contributed by atoms with van der Waals surface area (Å²) in [6.07, 6.45) is 0. The lowest BCUT2D eigenvalue weighted by Crippen LogP contribution is -1.96. The molecule has 16 heavy (non-hydrogen) atoms. The number of aliphatic hydroxyl groups is 1. The summed E-state index contributed by atoms with van der Waals surface area (Å²) in [5.41, 5.74) is 0.309. The van der Waals surface area contributed by atoms with E-state index in [2.05, 4.69) is 10.2 Å². The lowest BCUT2D eigenvalue weighted by Gasteiger charge is -1.97. The Kier molecular flexibility index (Phi) is 3.77. The highest BCUT2D eigenvalue weighted by molar-refractivity contribution is 5.93. The van der Waals surface area contributed by atoms with E-state index in [9.17, 15) is 9.90 Å². The molecule has 0 heterocycles. The van der Waals surface area contributed by atoms with Crippen molar-refractivity contribution in [1.82, 2.24) is 0 Å². The molecule has 1 aromatic rings. The number of aliphatic hydroxyl groups excluding tert-OH is 1. The Hall–Kier alpha value is -2.17. The van der Waals surface area contributed by atoms with E-state index >= 15 is 0 Å². The zero-order valence-corrected chi connectivity index (χ0v) is 9.01. The minimum Gasteiger partial charge on any atom is -0.510 e. The van der Waals surface area contributed by atoms with E-state index in [4.69, 9.17) is 5.11 Å². The van der Waals surface area contributed by atoms with Crippen molar-refractivity contribution in [2.75, 3.05) is 0 Å². The van der Waals surface area contributed by atoms with E-state index in [0.717, 1.165) is 0 Å². The van der Waals surface area contributed by atoms with Crippen molar-refractivity contribution in [2.45, 2.75) is 13.8 Å². The third-order valence-corrected chi connectivity index (χ3v) is 1.77. The molecular formula is C11H12N2O3. The van der Waals surface area contributed by atoms with Gasteiger partial charge in [0.05, 0.1) is 5.69 Å². The Labute approximate surface area is 92.8 Å². The van der Waals surface area contributed by atoms with E-state index in [1.165, 1.54) is 26.0 Å². The number of carbonyl (C=O) groups excluding carboxylic acids is 1. The molecule has 0 radical (unpaired) electrons. The Morgan fingerprint density at radius 1 is 1.31 bits per heavy atom. The minimum absolute atomic E-state index is 0.0607. The molecule has 5 nitrogen and oxygen atoms in total. The zero-order chi connectivity index (χ0) is 12.1. The monoisotopic (exact) mass is 220 g/mol. The van der Waals surface area contributed by atoms with Crippen LogP contribution in [-0.2, 0) is 4.79 Å². The van der Waals surface area contributed by atoms with Crippen molar-refractivity contribution in [2.24, 2.45) is 10.2 Å². The number of hydrogen-bond donors (Lipinski definition) is 2. The van der Waals surface area contributed by atoms with Gasteiger partial charge >= 0.3 is 0 Å². The number of Topliss-reactive ketones (excluding diaryl/α,β-unsaturated/α-hetero) is 1. The number of carbonyl (C=O) groups is 1. The number of rotatable bonds is 3. The van der Waals surface area contributed by atoms with Crippen LogP contribution in [0.15, 0.2) is 46.0 Å². The first-order valence-electron chi connectivity index (χ1n) is 4.62. The summed E-state index contributed by atoms with van der Waals surface area (Å²) in [5, 5.41) is 25.7. The van der Waals surface area contributed by atoms with Crippen molar-refractivity contribution in [3.63, 3.8) is 0 Å². The Morgan fingerprint density at radius 2 is 2.00 bits per heavy atom. The molecule has 2 N–H and O–H groups in total. The molecule has 0 aliphatic rings. The smallest absolute Gasteiger partial charge is 0.183 e. The fourth-order valence-electron chi connectivity index (χ4n) is 1.06. The van der Waals surface area contributed by atoms with Gasteiger partial charge < -0.3 is 10.2 Å². The van der Waals surface area contributed by atoms with Crippen LogP contribution in [0.4, 0.5) is 5.69 Å². The molecule has 0 aromatic heterocycles. The Morgan fingerprint density at radius 3 is 2.50 bits per heavy atom. The number of phenols is 1. The predicted molar refractivity (Wildman–Crippen MR) is 58.6 cm³/mol. The summed E-state index contributed by atoms with van der Waals surface area (Å²) in [6.45, 7) is 2.65. The number of nitrogens with zero attached hydrogens (tertiary/aromatic N) is 2. The van der Waals surface area contributed by atoms with Crippen LogP contribution in [0, 0.1) is 0 Å². The highest BCUT2D eigenvalue weighted by Crippen LogP contribution is 2.20. The van der Waals surface area contributed by atoms with Crippen LogP contribution in [0.1, 0.15) is 13.8 Å². The second kappa shape index (κ2) is 5.06. The van der Waals surface area contributed by atoms with Crippen molar-refractivity contribution in [1.29, 1.82) is 0 Å². The van der Waals surface area contributed by atoms with Gasteiger partial charge in [0.2, 0.25) is 0 Å². The highest BCUT2D eigenvalue weighted by Gasteiger charge is 2.06. The van der Waals surface area contributed by atoms with E-state index in [-0.39, 0.29) is 23.0 Å². The van der Waals surface area contributed by atoms with Gasteiger partial charge in [0.25, 0.3) is 0 Å². The average Bonchev–Trinajstić information content (AvgIpc) is 2.16. The lowest BCUT2D eigenvalue weighted by atomic mass is 10.3. The summed E-state index contributed by atoms with van der Waals surface area (Å²) in [4.78, 5) is 11.1. The first-order chi connectivity index (χ1) is 7.50. The summed E-state index contributed by atoms with van der Waals surface area (Å²) >= 11 is 0. The van der Waals surface area contributed by atoms with Crippen LogP contribution >= 0.6 is 0 Å². The van der Waals surface area contributed by atoms with E-state index in [0.29, 0.717) is 5.69 Å². The Bertz CT molecular complexity index is 460. The number of benzene rings is 1. The standard InChI is InChI=1S/C11H12N2O3/c1-7(14)11(8(2)15)13-12-9-4-3-5-10(16)6-9/h3-6,14,16H,1-2H3. The normalized spacial score (nSPS) is 12.6. The zero-order valence-electron chi connectivity index (χ0n) is 9.01. The van der Waals surface area contributed by atoms with E-state index < -0.39 is 0 Å². The third kappa shape index (κ3) is 3.20. The molecule has 0 saturated heterocycles. The average molecular weight is 220 g/mol. The first-order valence-corrected chi connectivity index (χ1v) is 4.62. The number of aromatic hydroxyl groups is 1. The molecule has 1 aromatic carbocycles. The molecule has 0 unspecified atom stereocenters. The lowest BCUT2D eigenvalue weighted by molar-refractivity contribution is -0.113. The van der Waals surface area contributed by atoms with Gasteiger partial charge in [-0.3, -0.25) is 4.79 Å². The number of ketones is 1. The molecule has 0 aliphatic carbocycles. The second-order valence-electron chi connectivity index (χ2n) is 3.21. The summed E-state index contributed by atoms with van der Waals surface area (Å²) in [5.74, 6) is -0.495. The maximum atomic E-state index is 11.1. The van der Waals surface area contributed by atoms with Crippen molar-refractivity contribution >= 4 is 11.5 Å². The minimum atomic E-state index is -0.371. The van der Waals surface area contributed by atoms with Gasteiger partial charge in [0, 0.05) is 13.0 Å². The van der Waals surface area contributed by atoms with Crippen LogP contribution in [0.3, 0.4) is 0 Å². The largest absolute Gasteiger partial charge is 0.510 e. The molecule has 1 rings (SSSR count). The molecule has 5 heteroatoms. The van der Waals surface area contributed by atoms with Crippen LogP contribution in [0.2, 0.25) is 0 Å². The van der Waals surface area contributed by atoms with Gasteiger partial charge in [0.15, 0.2) is 11.5 Å². The van der Waals surface area contributed by atoms with Gasteiger partial charge in [0.1, 0.15) is 11.5 Å². The fraction of sp³-hybridized carbons (Fsp3) is 0.182. The van der Waals surface area contributed by atoms with E-state index in [1.807, 2.05) is 0 Å². The number of hydrogen-bond acceptors (Lipinski definition) is 5. The number of allylic oxidation sites excluding steroid dienone is 2. The van der Waals surface area contributed by atoms with Crippen LogP contribution in [-0.4, -0.2) is 16.0 Å². The molecule has 0 aliphatic heterocycles. The van der Waals surface area contributed by atoms with Crippen LogP contribution < -0.4 is 0 Å². The summed E-state index contributed by atoms with van der Waals surface area (Å²) in [6, 6.07) is 6.12. The molecule has 0 spiro atoms. The molecule has 84 valence electrons. The van der Waals surface area contributed by atoms with Gasteiger partial charge in [-0.2, -0.15) is 5.11 Å². The number of phenolic OH excluding ortho intramolecular Hbond substituents is 1. The fourth-order valence-corrected chi connectivity index (χ4v) is 1.06. The first kappa shape index (κ1) is 11.9. The molecular weight excluding hydrogens is 208 g/mol. The van der Waals surface area contributed by atoms with Crippen LogP contribution in [0.5, 0.6) is 5.75 Å². The summed E-state index contributed by atoms with van der Waals surface area (Å²) in [7, 11) is 0. The topological polar surface area (TPSA) is 82.2 Å². The van der Waals surface area contributed by atoms with Gasteiger partial charge in [-0.25, -0.2) is 0 Å². The predicted octanol–water partition coefficient (Wildman–Crippen LogP) is 2.85. The van der Waals surface area contributed by atoms with Crippen molar-refractivity contribution < 1.29 is 15.0 Å². The van der Waals surface area contributed by atoms with Crippen molar-refractivity contribution in [3.05, 3.63) is 35.7 Å². The molecule has 0 amide bonds. The van der Waals surface area contributed by atoms with Gasteiger partial charge in [-0.05, 0) is 19.1 Å². The van der Waals surface area contributed by atoms with E-state index in [1.54, 1.807) is 12.1 Å². The maximum Gasteiger partial charge on any atom is 0.183 e. The highest BCUT2D eigenvalue weighted by atomic mass is 16.3. The Balaban J connectivity index is 2.96.